The Labute approximate surface area is 134 Å². The third kappa shape index (κ3) is 2.88. The molecule has 0 saturated heterocycles. The molecule has 0 fully saturated rings. The maximum atomic E-state index is 12.2. The number of nitrogens with zero attached hydrogens (tertiary/aromatic N) is 3. The van der Waals surface area contributed by atoms with Crippen LogP contribution in [0.3, 0.4) is 0 Å². The highest BCUT2D eigenvalue weighted by Crippen LogP contribution is 2.26. The second-order valence-corrected chi connectivity index (χ2v) is 6.82. The van der Waals surface area contributed by atoms with E-state index in [0.29, 0.717) is 12.2 Å². The molecule has 3 aromatic rings. The minimum atomic E-state index is -0.112. The Kier molecular flexibility index (Phi) is 3.53. The molecule has 2 heterocycles. The number of fused-ring (bicyclic) bond motifs is 1. The van der Waals surface area contributed by atoms with Crippen molar-refractivity contribution < 1.29 is 0 Å². The highest BCUT2D eigenvalue weighted by molar-refractivity contribution is 5.83. The number of hydrogen-bond donors (Lipinski definition) is 1. The summed E-state index contributed by atoms with van der Waals surface area (Å²) in [6, 6.07) is 11.5. The van der Waals surface area contributed by atoms with E-state index in [4.69, 9.17) is 0 Å². The summed E-state index contributed by atoms with van der Waals surface area (Å²) in [4.78, 5) is 19.2. The van der Waals surface area contributed by atoms with Crippen LogP contribution in [-0.2, 0) is 6.54 Å². The van der Waals surface area contributed by atoms with Crippen molar-refractivity contribution in [1.29, 1.82) is 5.26 Å². The number of rotatable bonds is 2. The van der Waals surface area contributed by atoms with Crippen LogP contribution in [0, 0.1) is 16.7 Å². The van der Waals surface area contributed by atoms with Crippen molar-refractivity contribution in [2.45, 2.75) is 27.3 Å². The quantitative estimate of drug-likeness (QED) is 0.789. The van der Waals surface area contributed by atoms with Gasteiger partial charge in [0.25, 0.3) is 0 Å². The van der Waals surface area contributed by atoms with Crippen LogP contribution in [0.15, 0.2) is 41.3 Å². The molecule has 1 aromatic carbocycles. The van der Waals surface area contributed by atoms with Crippen LogP contribution < -0.4 is 5.69 Å². The molecule has 0 saturated carbocycles. The van der Waals surface area contributed by atoms with Crippen molar-refractivity contribution >= 4 is 11.0 Å². The van der Waals surface area contributed by atoms with Gasteiger partial charge in [-0.3, -0.25) is 4.57 Å². The van der Waals surface area contributed by atoms with Crippen LogP contribution in [0.4, 0.5) is 0 Å². The number of H-pyrrole nitrogens is 1. The summed E-state index contributed by atoms with van der Waals surface area (Å²) in [6.45, 7) is 6.94. The van der Waals surface area contributed by atoms with Gasteiger partial charge in [-0.15, -0.1) is 0 Å². The molecule has 1 N–H and O–H groups in total. The molecule has 5 nitrogen and oxygen atoms in total. The van der Waals surface area contributed by atoms with Crippen LogP contribution in [0.25, 0.3) is 22.2 Å². The van der Waals surface area contributed by atoms with Crippen LogP contribution in [-0.4, -0.2) is 14.5 Å². The van der Waals surface area contributed by atoms with Gasteiger partial charge in [0, 0.05) is 18.3 Å². The molecule has 0 spiro atoms. The molecule has 0 radical (unpaired) electrons. The highest BCUT2D eigenvalue weighted by Gasteiger charge is 2.16. The molecule has 23 heavy (non-hydrogen) atoms. The number of aromatic nitrogens is 3. The molecular weight excluding hydrogens is 288 g/mol. The van der Waals surface area contributed by atoms with Gasteiger partial charge in [0.2, 0.25) is 0 Å². The molecule has 2 aromatic heterocycles. The molecule has 0 atom stereocenters. The Morgan fingerprint density at radius 2 is 2.09 bits per heavy atom. The number of aromatic amines is 1. The zero-order chi connectivity index (χ0) is 16.6. The van der Waals surface area contributed by atoms with Gasteiger partial charge < -0.3 is 4.98 Å². The number of benzene rings is 1. The molecule has 5 heteroatoms. The third-order valence-electron chi connectivity index (χ3n) is 3.63. The van der Waals surface area contributed by atoms with Crippen LogP contribution in [0.2, 0.25) is 0 Å². The van der Waals surface area contributed by atoms with Crippen molar-refractivity contribution in [3.63, 3.8) is 0 Å². The Morgan fingerprint density at radius 1 is 1.30 bits per heavy atom. The van der Waals surface area contributed by atoms with Gasteiger partial charge in [0.1, 0.15) is 11.8 Å². The first-order chi connectivity index (χ1) is 10.9. The normalized spacial score (nSPS) is 11.6. The zero-order valence-corrected chi connectivity index (χ0v) is 13.4. The first-order valence-electron chi connectivity index (χ1n) is 7.47. The smallest absolute Gasteiger partial charge is 0.306 e. The van der Waals surface area contributed by atoms with E-state index >= 15 is 0 Å². The van der Waals surface area contributed by atoms with E-state index in [2.05, 4.69) is 36.8 Å². The van der Waals surface area contributed by atoms with Crippen molar-refractivity contribution in [2.24, 2.45) is 5.41 Å². The molecule has 0 unspecified atom stereocenters. The third-order valence-corrected chi connectivity index (χ3v) is 3.63. The van der Waals surface area contributed by atoms with Gasteiger partial charge in [-0.25, -0.2) is 9.78 Å². The fourth-order valence-electron chi connectivity index (χ4n) is 2.69. The Bertz CT molecular complexity index is 967. The van der Waals surface area contributed by atoms with Gasteiger partial charge in [-0.1, -0.05) is 26.8 Å². The Hall–Kier alpha value is -2.87. The van der Waals surface area contributed by atoms with Crippen molar-refractivity contribution in [1.82, 2.24) is 14.5 Å². The van der Waals surface area contributed by atoms with Crippen LogP contribution in [0.1, 0.15) is 26.5 Å². The standard InChI is InChI=1S/C18H18N4O/c1-18(2,3)11-22-16-7-6-12(9-14(16)21-17(22)23)13-5-4-8-20-15(13)10-19/h4-9H,11H2,1-3H3,(H,21,23). The fraction of sp³-hybridized carbons (Fsp3) is 0.278. The summed E-state index contributed by atoms with van der Waals surface area (Å²) in [5.74, 6) is 0. The van der Waals surface area contributed by atoms with E-state index in [1.165, 1.54) is 0 Å². The predicted molar refractivity (Wildman–Crippen MR) is 90.0 cm³/mol. The minimum absolute atomic E-state index is 0.00888. The van der Waals surface area contributed by atoms with Crippen LogP contribution in [0.5, 0.6) is 0 Å². The van der Waals surface area contributed by atoms with Crippen molar-refractivity contribution in [3.8, 4) is 17.2 Å². The van der Waals surface area contributed by atoms with E-state index in [-0.39, 0.29) is 11.1 Å². The van der Waals surface area contributed by atoms with Gasteiger partial charge in [-0.05, 0) is 35.2 Å². The number of nitriles is 1. The monoisotopic (exact) mass is 306 g/mol. The molecule has 0 amide bonds. The SMILES string of the molecule is CC(C)(C)Cn1c(=O)[nH]c2cc(-c3cccnc3C#N)ccc21. The first kappa shape index (κ1) is 15.0. The van der Waals surface area contributed by atoms with E-state index in [1.54, 1.807) is 16.8 Å². The number of nitrogens with one attached hydrogen (secondary N) is 1. The molecule has 0 aliphatic heterocycles. The lowest BCUT2D eigenvalue weighted by molar-refractivity contribution is 0.344. The number of hydrogen-bond acceptors (Lipinski definition) is 3. The highest BCUT2D eigenvalue weighted by atomic mass is 16.1. The second kappa shape index (κ2) is 5.40. The summed E-state index contributed by atoms with van der Waals surface area (Å²) in [7, 11) is 0. The molecule has 0 bridgehead atoms. The minimum Gasteiger partial charge on any atom is -0.306 e. The Morgan fingerprint density at radius 3 is 2.78 bits per heavy atom. The van der Waals surface area contributed by atoms with E-state index in [0.717, 1.165) is 22.2 Å². The van der Waals surface area contributed by atoms with E-state index < -0.39 is 0 Å². The molecule has 0 aliphatic carbocycles. The van der Waals surface area contributed by atoms with Gasteiger partial charge in [0.05, 0.1) is 11.0 Å². The van der Waals surface area contributed by atoms with Gasteiger partial charge in [-0.2, -0.15) is 5.26 Å². The summed E-state index contributed by atoms with van der Waals surface area (Å²) < 4.78 is 1.76. The molecule has 116 valence electrons. The van der Waals surface area contributed by atoms with Crippen LogP contribution >= 0.6 is 0 Å². The lowest BCUT2D eigenvalue weighted by Crippen LogP contribution is -2.24. The zero-order valence-electron chi connectivity index (χ0n) is 13.4. The molecule has 3 rings (SSSR count). The average molecular weight is 306 g/mol. The number of pyridine rings is 1. The van der Waals surface area contributed by atoms with E-state index in [9.17, 15) is 10.1 Å². The first-order valence-corrected chi connectivity index (χ1v) is 7.47. The molecular formula is C18H18N4O. The van der Waals surface area contributed by atoms with Crippen molar-refractivity contribution in [2.75, 3.05) is 0 Å². The number of imidazole rings is 1. The predicted octanol–water partition coefficient (Wildman–Crippen LogP) is 3.31. The topological polar surface area (TPSA) is 74.5 Å². The largest absolute Gasteiger partial charge is 0.326 e. The Balaban J connectivity index is 2.15. The van der Waals surface area contributed by atoms with Gasteiger partial charge >= 0.3 is 5.69 Å². The molecule has 0 aliphatic rings. The van der Waals surface area contributed by atoms with Gasteiger partial charge in [0.15, 0.2) is 0 Å². The summed E-state index contributed by atoms with van der Waals surface area (Å²) in [6.07, 6.45) is 1.60. The lowest BCUT2D eigenvalue weighted by Gasteiger charge is -2.18. The second-order valence-electron chi connectivity index (χ2n) is 6.82. The maximum absolute atomic E-state index is 12.2. The summed E-state index contributed by atoms with van der Waals surface area (Å²) >= 11 is 0. The fourth-order valence-corrected chi connectivity index (χ4v) is 2.69. The maximum Gasteiger partial charge on any atom is 0.326 e. The summed E-state index contributed by atoms with van der Waals surface area (Å²) in [5.41, 5.74) is 3.55. The lowest BCUT2D eigenvalue weighted by atomic mass is 9.97. The van der Waals surface area contributed by atoms with Crippen molar-refractivity contribution in [3.05, 3.63) is 52.7 Å². The average Bonchev–Trinajstić information content (AvgIpc) is 2.80. The van der Waals surface area contributed by atoms with E-state index in [1.807, 2.05) is 24.3 Å². The summed E-state index contributed by atoms with van der Waals surface area (Å²) in [5, 5.41) is 9.19.